The van der Waals surface area contributed by atoms with Crippen molar-refractivity contribution in [3.8, 4) is 0 Å². The lowest BCUT2D eigenvalue weighted by molar-refractivity contribution is 0.112. The molecular formula is C7H5NO2. The van der Waals surface area contributed by atoms with Crippen LogP contribution in [0.15, 0.2) is 29.2 Å². The molecule has 1 aromatic rings. The standard InChI is InChI=1S/C7H5NO2/c9-5-6-2-1-3-7(10)8-4-6/h1-5H. The van der Waals surface area contributed by atoms with Gasteiger partial charge in [-0.2, -0.15) is 0 Å². The zero-order valence-electron chi connectivity index (χ0n) is 5.15. The van der Waals surface area contributed by atoms with Crippen molar-refractivity contribution >= 4 is 6.29 Å². The molecule has 0 N–H and O–H groups in total. The van der Waals surface area contributed by atoms with Gasteiger partial charge in [-0.15, -0.1) is 0 Å². The molecule has 0 aliphatic heterocycles. The van der Waals surface area contributed by atoms with Gasteiger partial charge in [0.15, 0.2) is 6.29 Å². The number of carbonyl (C=O) groups is 1. The predicted molar refractivity (Wildman–Crippen MR) is 35.9 cm³/mol. The van der Waals surface area contributed by atoms with Crippen molar-refractivity contribution in [2.75, 3.05) is 0 Å². The smallest absolute Gasteiger partial charge is 0.269 e. The Labute approximate surface area is 57.3 Å². The van der Waals surface area contributed by atoms with Gasteiger partial charge >= 0.3 is 0 Å². The van der Waals surface area contributed by atoms with Crippen molar-refractivity contribution in [2.45, 2.75) is 0 Å². The van der Waals surface area contributed by atoms with Gasteiger partial charge in [-0.05, 0) is 6.07 Å². The molecule has 0 saturated heterocycles. The molecule has 10 heavy (non-hydrogen) atoms. The van der Waals surface area contributed by atoms with Gasteiger partial charge in [0, 0.05) is 17.8 Å². The molecule has 0 bridgehead atoms. The minimum atomic E-state index is -0.340. The summed E-state index contributed by atoms with van der Waals surface area (Å²) in [6.07, 6.45) is 1.89. The van der Waals surface area contributed by atoms with Crippen LogP contribution in [-0.4, -0.2) is 11.3 Å². The van der Waals surface area contributed by atoms with E-state index in [9.17, 15) is 9.59 Å². The molecule has 1 heterocycles. The van der Waals surface area contributed by atoms with E-state index in [0.29, 0.717) is 11.8 Å². The zero-order valence-corrected chi connectivity index (χ0v) is 5.15. The van der Waals surface area contributed by atoms with Crippen LogP contribution in [0.5, 0.6) is 0 Å². The summed E-state index contributed by atoms with van der Waals surface area (Å²) in [4.78, 5) is 24.1. The molecular weight excluding hydrogens is 130 g/mol. The summed E-state index contributed by atoms with van der Waals surface area (Å²) in [5, 5.41) is 0. The molecule has 1 rings (SSSR count). The second-order valence-corrected chi connectivity index (χ2v) is 1.74. The highest BCUT2D eigenvalue weighted by Gasteiger charge is 1.84. The lowest BCUT2D eigenvalue weighted by Gasteiger charge is -1.72. The van der Waals surface area contributed by atoms with Crippen LogP contribution >= 0.6 is 0 Å². The Hall–Kier alpha value is -1.51. The van der Waals surface area contributed by atoms with Gasteiger partial charge in [0.05, 0.1) is 0 Å². The van der Waals surface area contributed by atoms with E-state index >= 15 is 0 Å². The average molecular weight is 135 g/mol. The van der Waals surface area contributed by atoms with Crippen LogP contribution in [0.1, 0.15) is 10.4 Å². The maximum atomic E-state index is 10.5. The normalized spacial score (nSPS) is 8.80. The van der Waals surface area contributed by atoms with Crippen LogP contribution in [0.3, 0.4) is 0 Å². The second-order valence-electron chi connectivity index (χ2n) is 1.74. The second kappa shape index (κ2) is 2.87. The predicted octanol–water partition coefficient (Wildman–Crippen LogP) is 0.254. The van der Waals surface area contributed by atoms with Gasteiger partial charge in [-0.3, -0.25) is 9.59 Å². The summed E-state index contributed by atoms with van der Waals surface area (Å²) >= 11 is 0. The average Bonchev–Trinajstić information content (AvgIpc) is 2.14. The SMILES string of the molecule is O=Cc1cccc(=O)nc1. The zero-order chi connectivity index (χ0) is 7.40. The quantitative estimate of drug-likeness (QED) is 0.519. The summed E-state index contributed by atoms with van der Waals surface area (Å²) in [6.45, 7) is 0. The van der Waals surface area contributed by atoms with Crippen molar-refractivity contribution in [2.24, 2.45) is 0 Å². The number of aromatic nitrogens is 1. The van der Waals surface area contributed by atoms with E-state index in [0.717, 1.165) is 0 Å². The highest BCUT2D eigenvalue weighted by atomic mass is 16.1. The van der Waals surface area contributed by atoms with Crippen molar-refractivity contribution < 1.29 is 4.79 Å². The molecule has 0 amide bonds. The third kappa shape index (κ3) is 1.48. The summed E-state index contributed by atoms with van der Waals surface area (Å²) in [5.41, 5.74) is 0.0650. The van der Waals surface area contributed by atoms with Gasteiger partial charge in [-0.1, -0.05) is 6.07 Å². The molecule has 50 valence electrons. The molecule has 0 radical (unpaired) electrons. The first-order chi connectivity index (χ1) is 4.83. The van der Waals surface area contributed by atoms with Crippen LogP contribution in [0.2, 0.25) is 0 Å². The molecule has 0 aliphatic rings. The molecule has 0 spiro atoms. The van der Waals surface area contributed by atoms with E-state index in [2.05, 4.69) is 4.98 Å². The van der Waals surface area contributed by atoms with E-state index in [-0.39, 0.29) is 5.56 Å². The Balaban J connectivity index is 3.29. The van der Waals surface area contributed by atoms with E-state index in [4.69, 9.17) is 0 Å². The van der Waals surface area contributed by atoms with Crippen LogP contribution < -0.4 is 5.56 Å². The number of nitrogens with zero attached hydrogens (tertiary/aromatic N) is 1. The number of carbonyl (C=O) groups excluding carboxylic acids is 1. The first kappa shape index (κ1) is 6.61. The van der Waals surface area contributed by atoms with E-state index < -0.39 is 0 Å². The van der Waals surface area contributed by atoms with Crippen molar-refractivity contribution in [3.05, 3.63) is 40.3 Å². The van der Waals surface area contributed by atoms with Crippen LogP contribution in [0.4, 0.5) is 0 Å². The van der Waals surface area contributed by atoms with Gasteiger partial charge in [-0.25, -0.2) is 4.98 Å². The maximum Gasteiger partial charge on any atom is 0.269 e. The Morgan fingerprint density at radius 1 is 1.40 bits per heavy atom. The van der Waals surface area contributed by atoms with Crippen molar-refractivity contribution in [1.82, 2.24) is 4.98 Å². The highest BCUT2D eigenvalue weighted by Crippen LogP contribution is 1.84. The largest absolute Gasteiger partial charge is 0.298 e. The fraction of sp³-hybridized carbons (Fsp3) is 0. The first-order valence-corrected chi connectivity index (χ1v) is 2.74. The summed E-state index contributed by atoms with van der Waals surface area (Å²) in [5.74, 6) is 0. The monoisotopic (exact) mass is 135 g/mol. The maximum absolute atomic E-state index is 10.5. The Kier molecular flexibility index (Phi) is 1.89. The van der Waals surface area contributed by atoms with Crippen LogP contribution in [0.25, 0.3) is 0 Å². The van der Waals surface area contributed by atoms with Crippen molar-refractivity contribution in [1.29, 1.82) is 0 Å². The molecule has 0 aliphatic carbocycles. The Morgan fingerprint density at radius 3 is 2.90 bits per heavy atom. The number of rotatable bonds is 1. The third-order valence-electron chi connectivity index (χ3n) is 1.00. The van der Waals surface area contributed by atoms with E-state index in [1.807, 2.05) is 0 Å². The number of hydrogen-bond acceptors (Lipinski definition) is 3. The van der Waals surface area contributed by atoms with Crippen molar-refractivity contribution in [3.63, 3.8) is 0 Å². The van der Waals surface area contributed by atoms with Crippen LogP contribution in [-0.2, 0) is 0 Å². The summed E-state index contributed by atoms with van der Waals surface area (Å²) in [6, 6.07) is 4.33. The lowest BCUT2D eigenvalue weighted by atomic mass is 10.3. The molecule has 0 aromatic carbocycles. The van der Waals surface area contributed by atoms with Gasteiger partial charge in [0.25, 0.3) is 5.56 Å². The fourth-order valence-electron chi connectivity index (χ4n) is 0.535. The van der Waals surface area contributed by atoms with Gasteiger partial charge in [0.2, 0.25) is 0 Å². The Morgan fingerprint density at radius 2 is 2.20 bits per heavy atom. The lowest BCUT2D eigenvalue weighted by Crippen LogP contribution is -1.96. The molecule has 0 saturated carbocycles. The topological polar surface area (TPSA) is 47.0 Å². The molecule has 3 heteroatoms. The summed E-state index contributed by atoms with van der Waals surface area (Å²) < 4.78 is 0. The molecule has 0 atom stereocenters. The minimum absolute atomic E-state index is 0.340. The Bertz CT molecular complexity index is 296. The third-order valence-corrected chi connectivity index (χ3v) is 1.00. The molecule has 3 nitrogen and oxygen atoms in total. The summed E-state index contributed by atoms with van der Waals surface area (Å²) in [7, 11) is 0. The number of hydrogen-bond donors (Lipinski definition) is 0. The van der Waals surface area contributed by atoms with Gasteiger partial charge in [0.1, 0.15) is 0 Å². The fourth-order valence-corrected chi connectivity index (χ4v) is 0.535. The van der Waals surface area contributed by atoms with Gasteiger partial charge < -0.3 is 0 Å². The van der Waals surface area contributed by atoms with E-state index in [1.54, 1.807) is 0 Å². The number of aldehydes is 1. The molecule has 0 fully saturated rings. The minimum Gasteiger partial charge on any atom is -0.298 e. The first-order valence-electron chi connectivity index (χ1n) is 2.74. The van der Waals surface area contributed by atoms with E-state index in [1.165, 1.54) is 24.4 Å². The molecule has 0 unspecified atom stereocenters. The van der Waals surface area contributed by atoms with Crippen LogP contribution in [0, 0.1) is 0 Å². The highest BCUT2D eigenvalue weighted by molar-refractivity contribution is 5.73. The molecule has 1 aromatic heterocycles.